The Balaban J connectivity index is 1.94. The fourth-order valence-corrected chi connectivity index (χ4v) is 1.73. The van der Waals surface area contributed by atoms with E-state index in [1.807, 2.05) is 0 Å². The van der Waals surface area contributed by atoms with Gasteiger partial charge in [0.15, 0.2) is 6.61 Å². The van der Waals surface area contributed by atoms with Crippen LogP contribution >= 0.6 is 0 Å². The van der Waals surface area contributed by atoms with Gasteiger partial charge in [-0.05, 0) is 43.9 Å². The van der Waals surface area contributed by atoms with Crippen LogP contribution in [0.2, 0.25) is 0 Å². The van der Waals surface area contributed by atoms with Gasteiger partial charge in [-0.15, -0.1) is 0 Å². The second-order valence-corrected chi connectivity index (χ2v) is 5.04. The Kier molecular flexibility index (Phi) is 4.92. The lowest BCUT2D eigenvalue weighted by molar-refractivity contribution is -0.131. The van der Waals surface area contributed by atoms with Gasteiger partial charge in [0.25, 0.3) is 5.91 Å². The Labute approximate surface area is 122 Å². The molecule has 21 heavy (non-hydrogen) atoms. The van der Waals surface area contributed by atoms with Gasteiger partial charge in [-0.25, -0.2) is 9.78 Å². The maximum atomic E-state index is 11.6. The van der Waals surface area contributed by atoms with Crippen LogP contribution in [-0.2, 0) is 9.59 Å². The fourth-order valence-electron chi connectivity index (χ4n) is 1.73. The van der Waals surface area contributed by atoms with Crippen LogP contribution in [0.25, 0.3) is 6.08 Å². The van der Waals surface area contributed by atoms with Gasteiger partial charge >= 0.3 is 5.97 Å². The second kappa shape index (κ2) is 6.88. The number of carboxylic acids is 1. The molecule has 0 spiro atoms. The minimum Gasteiger partial charge on any atom is -0.482 e. The topological polar surface area (TPSA) is 88.5 Å². The minimum atomic E-state index is -1.06. The fraction of sp³-hybridized carbons (Fsp3) is 0.400. The highest BCUT2D eigenvalue weighted by molar-refractivity contribution is 5.85. The Hall–Kier alpha value is -2.37. The lowest BCUT2D eigenvalue weighted by Gasteiger charge is -2.09. The van der Waals surface area contributed by atoms with E-state index in [9.17, 15) is 9.59 Å². The number of rotatable bonds is 7. The van der Waals surface area contributed by atoms with Crippen LogP contribution < -0.4 is 10.1 Å². The number of nitrogens with zero attached hydrogens (tertiary/aromatic N) is 1. The second-order valence-electron chi connectivity index (χ2n) is 5.04. The van der Waals surface area contributed by atoms with E-state index in [1.54, 1.807) is 19.1 Å². The van der Waals surface area contributed by atoms with Gasteiger partial charge in [-0.2, -0.15) is 0 Å². The van der Waals surface area contributed by atoms with E-state index in [0.29, 0.717) is 23.9 Å². The zero-order valence-corrected chi connectivity index (χ0v) is 11.8. The molecule has 0 saturated heterocycles. The molecule has 6 nitrogen and oxygen atoms in total. The number of aliphatic carboxylic acids is 1. The minimum absolute atomic E-state index is 0.106. The first-order chi connectivity index (χ1) is 10.0. The molecule has 0 unspecified atom stereocenters. The number of hydrogen-bond donors (Lipinski definition) is 2. The van der Waals surface area contributed by atoms with Crippen molar-refractivity contribution in [3.05, 3.63) is 29.6 Å². The summed E-state index contributed by atoms with van der Waals surface area (Å²) in [5.41, 5.74) is 1.14. The van der Waals surface area contributed by atoms with Crippen molar-refractivity contribution in [2.45, 2.75) is 19.8 Å². The number of amides is 1. The number of aryl methyl sites for hydroxylation is 1. The predicted octanol–water partition coefficient (Wildman–Crippen LogP) is 1.39. The monoisotopic (exact) mass is 290 g/mol. The van der Waals surface area contributed by atoms with Gasteiger partial charge in [0, 0.05) is 18.3 Å². The van der Waals surface area contributed by atoms with Crippen LogP contribution in [0.4, 0.5) is 0 Å². The molecule has 0 bridgehead atoms. The van der Waals surface area contributed by atoms with Crippen LogP contribution in [0, 0.1) is 12.8 Å². The summed E-state index contributed by atoms with van der Waals surface area (Å²) < 4.78 is 5.42. The molecule has 1 fully saturated rings. The molecule has 1 aromatic rings. The first-order valence-corrected chi connectivity index (χ1v) is 6.83. The van der Waals surface area contributed by atoms with E-state index in [2.05, 4.69) is 10.3 Å². The molecule has 1 amide bonds. The lowest BCUT2D eigenvalue weighted by atomic mass is 10.2. The molecular formula is C15H18N2O4. The van der Waals surface area contributed by atoms with Crippen molar-refractivity contribution in [3.8, 4) is 5.75 Å². The molecule has 112 valence electrons. The summed E-state index contributed by atoms with van der Waals surface area (Å²) in [5.74, 6) is -0.245. The average molecular weight is 290 g/mol. The van der Waals surface area contributed by atoms with Crippen molar-refractivity contribution < 1.29 is 19.4 Å². The van der Waals surface area contributed by atoms with Gasteiger partial charge in [-0.1, -0.05) is 0 Å². The molecule has 2 N–H and O–H groups in total. The third-order valence-electron chi connectivity index (χ3n) is 3.05. The van der Waals surface area contributed by atoms with Gasteiger partial charge in [0.1, 0.15) is 11.4 Å². The lowest BCUT2D eigenvalue weighted by Crippen LogP contribution is -2.30. The van der Waals surface area contributed by atoms with Gasteiger partial charge in [-0.3, -0.25) is 4.79 Å². The summed E-state index contributed by atoms with van der Waals surface area (Å²) >= 11 is 0. The van der Waals surface area contributed by atoms with Crippen molar-refractivity contribution in [1.82, 2.24) is 10.3 Å². The van der Waals surface area contributed by atoms with Crippen LogP contribution in [-0.4, -0.2) is 35.1 Å². The molecular weight excluding hydrogens is 272 g/mol. The molecule has 2 rings (SSSR count). The molecule has 0 aliphatic heterocycles. The Bertz CT molecular complexity index is 565. The Morgan fingerprint density at radius 3 is 2.90 bits per heavy atom. The summed E-state index contributed by atoms with van der Waals surface area (Å²) in [6.45, 7) is 2.38. The number of carboxylic acid groups (broad SMARTS) is 1. The summed E-state index contributed by atoms with van der Waals surface area (Å²) in [6.07, 6.45) is 4.69. The molecule has 1 aromatic heterocycles. The SMILES string of the molecule is Cc1ccc(OCC(=O)NCC2CC2)c(C=CC(=O)O)n1. The highest BCUT2D eigenvalue weighted by atomic mass is 16.5. The maximum absolute atomic E-state index is 11.6. The number of aromatic nitrogens is 1. The van der Waals surface area contributed by atoms with Crippen molar-refractivity contribution in [2.24, 2.45) is 5.92 Å². The van der Waals surface area contributed by atoms with Crippen molar-refractivity contribution in [2.75, 3.05) is 13.2 Å². The van der Waals surface area contributed by atoms with E-state index < -0.39 is 5.97 Å². The predicted molar refractivity (Wildman–Crippen MR) is 76.9 cm³/mol. The van der Waals surface area contributed by atoms with Gasteiger partial charge in [0.05, 0.1) is 0 Å². The normalized spacial score (nSPS) is 14.1. The number of pyridine rings is 1. The van der Waals surface area contributed by atoms with Crippen molar-refractivity contribution in [1.29, 1.82) is 0 Å². The number of carbonyl (C=O) groups is 2. The van der Waals surface area contributed by atoms with E-state index in [-0.39, 0.29) is 12.5 Å². The summed E-state index contributed by atoms with van der Waals surface area (Å²) in [5, 5.41) is 11.5. The van der Waals surface area contributed by atoms with Crippen LogP contribution in [0.15, 0.2) is 18.2 Å². The quantitative estimate of drug-likeness (QED) is 0.741. The smallest absolute Gasteiger partial charge is 0.328 e. The van der Waals surface area contributed by atoms with E-state index >= 15 is 0 Å². The molecule has 0 radical (unpaired) electrons. The summed E-state index contributed by atoms with van der Waals surface area (Å²) in [4.78, 5) is 26.4. The Morgan fingerprint density at radius 2 is 2.24 bits per heavy atom. The van der Waals surface area contributed by atoms with Crippen LogP contribution in [0.3, 0.4) is 0 Å². The standard InChI is InChI=1S/C15H18N2O4/c1-10-2-6-13(12(17-10)5-7-15(19)20)21-9-14(18)16-8-11-3-4-11/h2,5-7,11H,3-4,8-9H2,1H3,(H,16,18)(H,19,20). The third kappa shape index (κ3) is 5.25. The molecule has 0 aromatic carbocycles. The third-order valence-corrected chi connectivity index (χ3v) is 3.05. The molecule has 1 heterocycles. The zero-order chi connectivity index (χ0) is 15.2. The van der Waals surface area contributed by atoms with Gasteiger partial charge in [0.2, 0.25) is 0 Å². The highest BCUT2D eigenvalue weighted by Gasteiger charge is 2.21. The molecule has 1 saturated carbocycles. The number of ether oxygens (including phenoxy) is 1. The Morgan fingerprint density at radius 1 is 1.48 bits per heavy atom. The average Bonchev–Trinajstić information content (AvgIpc) is 3.26. The maximum Gasteiger partial charge on any atom is 0.328 e. The summed E-state index contributed by atoms with van der Waals surface area (Å²) in [6, 6.07) is 3.42. The van der Waals surface area contributed by atoms with Crippen molar-refractivity contribution in [3.63, 3.8) is 0 Å². The van der Waals surface area contributed by atoms with E-state index in [1.165, 1.54) is 18.9 Å². The first kappa shape index (κ1) is 15.0. The van der Waals surface area contributed by atoms with Crippen LogP contribution in [0.5, 0.6) is 5.75 Å². The molecule has 6 heteroatoms. The molecule has 1 aliphatic carbocycles. The van der Waals surface area contributed by atoms with E-state index in [4.69, 9.17) is 9.84 Å². The largest absolute Gasteiger partial charge is 0.482 e. The number of nitrogens with one attached hydrogen (secondary N) is 1. The number of carbonyl (C=O) groups excluding carboxylic acids is 1. The zero-order valence-electron chi connectivity index (χ0n) is 11.8. The molecule has 1 aliphatic rings. The van der Waals surface area contributed by atoms with Crippen LogP contribution in [0.1, 0.15) is 24.2 Å². The van der Waals surface area contributed by atoms with Crippen molar-refractivity contribution >= 4 is 18.0 Å². The molecule has 0 atom stereocenters. The van der Waals surface area contributed by atoms with E-state index in [0.717, 1.165) is 11.8 Å². The highest BCUT2D eigenvalue weighted by Crippen LogP contribution is 2.27. The number of hydrogen-bond acceptors (Lipinski definition) is 4. The van der Waals surface area contributed by atoms with Gasteiger partial charge < -0.3 is 15.2 Å². The summed E-state index contributed by atoms with van der Waals surface area (Å²) in [7, 11) is 0. The first-order valence-electron chi connectivity index (χ1n) is 6.83.